The number of carbonyl (C=O) groups is 1. The third-order valence-electron chi connectivity index (χ3n) is 5.79. The van der Waals surface area contributed by atoms with E-state index in [0.29, 0.717) is 23.8 Å². The molecule has 0 bridgehead atoms. The molecule has 3 aromatic rings. The van der Waals surface area contributed by atoms with Crippen LogP contribution >= 0.6 is 0 Å². The number of piperidine rings is 1. The number of fused-ring (bicyclic) bond motifs is 1. The Balaban J connectivity index is 1.36. The average Bonchev–Trinajstić information content (AvgIpc) is 2.82. The number of pyridine rings is 1. The number of benzene rings is 1. The van der Waals surface area contributed by atoms with Crippen molar-refractivity contribution in [1.29, 1.82) is 5.41 Å². The molecule has 1 amide bonds. The summed E-state index contributed by atoms with van der Waals surface area (Å²) in [6, 6.07) is 11.4. The van der Waals surface area contributed by atoms with Crippen LogP contribution in [-0.2, 0) is 11.3 Å². The normalized spacial score (nSPS) is 15.4. The molecular weight excluding hydrogens is 420 g/mol. The number of nitrogen functional groups attached to an aromatic ring is 1. The molecule has 1 aliphatic heterocycles. The van der Waals surface area contributed by atoms with Gasteiger partial charge in [-0.15, -0.1) is 0 Å². The van der Waals surface area contributed by atoms with Crippen LogP contribution in [0.2, 0.25) is 0 Å². The molecule has 0 spiro atoms. The largest absolute Gasteiger partial charge is 0.382 e. The number of aromatic nitrogens is 3. The van der Waals surface area contributed by atoms with Gasteiger partial charge in [0.2, 0.25) is 5.91 Å². The topological polar surface area (TPSA) is 153 Å². The summed E-state index contributed by atoms with van der Waals surface area (Å²) in [7, 11) is 0. The van der Waals surface area contributed by atoms with Crippen molar-refractivity contribution in [2.24, 2.45) is 5.73 Å². The molecule has 3 heterocycles. The Bertz CT molecular complexity index is 1160. The first-order chi connectivity index (χ1) is 15.9. The molecule has 172 valence electrons. The van der Waals surface area contributed by atoms with Crippen LogP contribution in [0, 0.1) is 5.41 Å². The summed E-state index contributed by atoms with van der Waals surface area (Å²) in [6.45, 7) is 3.45. The molecule has 0 radical (unpaired) electrons. The molecule has 0 saturated carbocycles. The SMILES string of the molecule is CC(=O)N1CCC(Nc2cc(C(O)NCc3ccc4ccc(C(=N)N)nc4c3)ncn2)CC1. The first kappa shape index (κ1) is 22.6. The van der Waals surface area contributed by atoms with Crippen molar-refractivity contribution in [2.75, 3.05) is 18.4 Å². The van der Waals surface area contributed by atoms with Crippen molar-refractivity contribution in [3.05, 3.63) is 59.7 Å². The minimum atomic E-state index is -0.972. The summed E-state index contributed by atoms with van der Waals surface area (Å²) in [5.41, 5.74) is 8.10. The zero-order valence-electron chi connectivity index (χ0n) is 18.5. The van der Waals surface area contributed by atoms with Crippen molar-refractivity contribution >= 4 is 28.5 Å². The molecule has 0 aliphatic carbocycles. The van der Waals surface area contributed by atoms with Gasteiger partial charge < -0.3 is 21.1 Å². The van der Waals surface area contributed by atoms with E-state index < -0.39 is 6.23 Å². The van der Waals surface area contributed by atoms with E-state index in [1.165, 1.54) is 6.33 Å². The first-order valence-corrected chi connectivity index (χ1v) is 10.9. The van der Waals surface area contributed by atoms with Gasteiger partial charge in [-0.05, 0) is 30.5 Å². The minimum Gasteiger partial charge on any atom is -0.382 e. The molecule has 1 aromatic carbocycles. The molecule has 1 unspecified atom stereocenters. The predicted octanol–water partition coefficient (Wildman–Crippen LogP) is 1.51. The zero-order chi connectivity index (χ0) is 23.4. The number of nitrogens with one attached hydrogen (secondary N) is 3. The monoisotopic (exact) mass is 448 g/mol. The van der Waals surface area contributed by atoms with Crippen LogP contribution < -0.4 is 16.4 Å². The fourth-order valence-electron chi connectivity index (χ4n) is 3.89. The lowest BCUT2D eigenvalue weighted by Crippen LogP contribution is -2.41. The molecule has 1 saturated heterocycles. The summed E-state index contributed by atoms with van der Waals surface area (Å²) in [6.07, 6.45) is 2.15. The number of rotatable bonds is 7. The lowest BCUT2D eigenvalue weighted by atomic mass is 10.1. The fraction of sp³-hybridized carbons (Fsp3) is 0.348. The van der Waals surface area contributed by atoms with Crippen LogP contribution in [0.3, 0.4) is 0 Å². The third-order valence-corrected chi connectivity index (χ3v) is 5.79. The van der Waals surface area contributed by atoms with Gasteiger partial charge in [-0.3, -0.25) is 15.5 Å². The van der Waals surface area contributed by atoms with Gasteiger partial charge in [-0.1, -0.05) is 18.2 Å². The maximum atomic E-state index is 11.5. The van der Waals surface area contributed by atoms with Gasteiger partial charge in [0.25, 0.3) is 0 Å². The second-order valence-corrected chi connectivity index (χ2v) is 8.17. The number of nitrogens with zero attached hydrogens (tertiary/aromatic N) is 4. The zero-order valence-corrected chi connectivity index (χ0v) is 18.5. The maximum Gasteiger partial charge on any atom is 0.219 e. The van der Waals surface area contributed by atoms with Gasteiger partial charge >= 0.3 is 0 Å². The van der Waals surface area contributed by atoms with Crippen molar-refractivity contribution in [3.8, 4) is 0 Å². The molecule has 1 atom stereocenters. The van der Waals surface area contributed by atoms with Crippen molar-refractivity contribution in [2.45, 2.75) is 38.6 Å². The second-order valence-electron chi connectivity index (χ2n) is 8.17. The quantitative estimate of drug-likeness (QED) is 0.207. The van der Waals surface area contributed by atoms with Crippen LogP contribution in [0.5, 0.6) is 0 Å². The van der Waals surface area contributed by atoms with E-state index in [-0.39, 0.29) is 17.8 Å². The molecule has 33 heavy (non-hydrogen) atoms. The highest BCUT2D eigenvalue weighted by Crippen LogP contribution is 2.19. The van der Waals surface area contributed by atoms with Gasteiger partial charge in [0.05, 0.1) is 11.2 Å². The van der Waals surface area contributed by atoms with Crippen molar-refractivity contribution in [1.82, 2.24) is 25.2 Å². The number of hydrogen-bond donors (Lipinski definition) is 5. The van der Waals surface area contributed by atoms with E-state index in [2.05, 4.69) is 25.6 Å². The lowest BCUT2D eigenvalue weighted by molar-refractivity contribution is -0.129. The summed E-state index contributed by atoms with van der Waals surface area (Å²) in [4.78, 5) is 26.2. The molecule has 2 aromatic heterocycles. The second kappa shape index (κ2) is 9.88. The fourth-order valence-corrected chi connectivity index (χ4v) is 3.89. The van der Waals surface area contributed by atoms with Crippen molar-refractivity contribution < 1.29 is 9.90 Å². The Labute approximate surface area is 191 Å². The van der Waals surface area contributed by atoms with E-state index in [0.717, 1.165) is 42.4 Å². The van der Waals surface area contributed by atoms with Gasteiger partial charge in [0.1, 0.15) is 29.9 Å². The lowest BCUT2D eigenvalue weighted by Gasteiger charge is -2.32. The summed E-state index contributed by atoms with van der Waals surface area (Å²) in [5, 5.41) is 25.6. The van der Waals surface area contributed by atoms with Crippen LogP contribution in [-0.4, -0.2) is 55.8 Å². The third kappa shape index (κ3) is 5.60. The first-order valence-electron chi connectivity index (χ1n) is 10.9. The van der Waals surface area contributed by atoms with E-state index in [1.54, 1.807) is 19.1 Å². The Morgan fingerprint density at radius 3 is 2.73 bits per heavy atom. The Morgan fingerprint density at radius 2 is 2.00 bits per heavy atom. The molecule has 6 N–H and O–H groups in total. The van der Waals surface area contributed by atoms with E-state index in [9.17, 15) is 9.90 Å². The van der Waals surface area contributed by atoms with Crippen molar-refractivity contribution in [3.63, 3.8) is 0 Å². The van der Waals surface area contributed by atoms with E-state index in [4.69, 9.17) is 11.1 Å². The van der Waals surface area contributed by atoms with Gasteiger partial charge in [0.15, 0.2) is 0 Å². The molecule has 10 nitrogen and oxygen atoms in total. The highest BCUT2D eigenvalue weighted by molar-refractivity contribution is 5.95. The summed E-state index contributed by atoms with van der Waals surface area (Å²) >= 11 is 0. The molecule has 1 fully saturated rings. The smallest absolute Gasteiger partial charge is 0.219 e. The van der Waals surface area contributed by atoms with Crippen LogP contribution in [0.4, 0.5) is 5.82 Å². The van der Waals surface area contributed by atoms with Gasteiger partial charge in [0, 0.05) is 44.1 Å². The van der Waals surface area contributed by atoms with Crippen LogP contribution in [0.25, 0.3) is 10.9 Å². The van der Waals surface area contributed by atoms with Crippen LogP contribution in [0.1, 0.15) is 42.9 Å². The summed E-state index contributed by atoms with van der Waals surface area (Å²) in [5.74, 6) is 0.677. The number of carbonyl (C=O) groups excluding carboxylic acids is 1. The average molecular weight is 449 g/mol. The van der Waals surface area contributed by atoms with Gasteiger partial charge in [-0.25, -0.2) is 15.0 Å². The predicted molar refractivity (Wildman–Crippen MR) is 125 cm³/mol. The number of aliphatic hydroxyl groups is 1. The Kier molecular flexibility index (Phi) is 6.76. The molecule has 4 rings (SSSR count). The highest BCUT2D eigenvalue weighted by Gasteiger charge is 2.21. The Morgan fingerprint density at radius 1 is 1.24 bits per heavy atom. The summed E-state index contributed by atoms with van der Waals surface area (Å²) < 4.78 is 0. The Hall–Kier alpha value is -3.63. The molecular formula is C23H28N8O2. The highest BCUT2D eigenvalue weighted by atomic mass is 16.3. The number of anilines is 1. The number of likely N-dealkylation sites (tertiary alicyclic amines) is 1. The van der Waals surface area contributed by atoms with E-state index >= 15 is 0 Å². The standard InChI is InChI=1S/C23H28N8O2/c1-14(32)31-8-6-17(7-9-31)29-21-11-20(27-13-28-21)23(33)26-12-15-2-3-16-4-5-18(22(24)25)30-19(16)10-15/h2-5,10-11,13,17,23,26,33H,6-9,12H2,1H3,(H3,24,25)(H,27,28,29). The number of amidine groups is 1. The molecule has 1 aliphatic rings. The minimum absolute atomic E-state index is 0.0755. The number of nitrogens with two attached hydrogens (primary N) is 1. The van der Waals surface area contributed by atoms with Crippen LogP contribution in [0.15, 0.2) is 42.7 Å². The number of hydrogen-bond acceptors (Lipinski definition) is 8. The number of aliphatic hydroxyl groups excluding tert-OH is 1. The van der Waals surface area contributed by atoms with Gasteiger partial charge in [-0.2, -0.15) is 0 Å². The molecule has 10 heteroatoms. The van der Waals surface area contributed by atoms with E-state index in [1.807, 2.05) is 29.2 Å². The number of amides is 1. The maximum absolute atomic E-state index is 11.5.